The Morgan fingerprint density at radius 3 is 2.60 bits per heavy atom. The molecule has 1 fully saturated rings. The predicted molar refractivity (Wildman–Crippen MR) is 103 cm³/mol. The SMILES string of the molecule is CCC(NC(=O)CN1CCN(c2nccs2)CC1)c1ccc(Cl)cc1. The summed E-state index contributed by atoms with van der Waals surface area (Å²) in [6, 6.07) is 7.71. The van der Waals surface area contributed by atoms with E-state index in [2.05, 4.69) is 27.0 Å². The molecule has 1 N–H and O–H groups in total. The van der Waals surface area contributed by atoms with Crippen molar-refractivity contribution in [3.63, 3.8) is 0 Å². The fourth-order valence-electron chi connectivity index (χ4n) is 3.03. The highest BCUT2D eigenvalue weighted by Crippen LogP contribution is 2.20. The monoisotopic (exact) mass is 378 g/mol. The Bertz CT molecular complexity index is 669. The van der Waals surface area contributed by atoms with Gasteiger partial charge in [0.05, 0.1) is 12.6 Å². The van der Waals surface area contributed by atoms with Crippen molar-refractivity contribution in [1.82, 2.24) is 15.2 Å². The van der Waals surface area contributed by atoms with Crippen molar-refractivity contribution >= 4 is 34.0 Å². The first-order valence-electron chi connectivity index (χ1n) is 8.57. The number of hydrogen-bond donors (Lipinski definition) is 1. The van der Waals surface area contributed by atoms with Crippen molar-refractivity contribution in [3.8, 4) is 0 Å². The van der Waals surface area contributed by atoms with E-state index in [-0.39, 0.29) is 11.9 Å². The van der Waals surface area contributed by atoms with E-state index >= 15 is 0 Å². The highest BCUT2D eigenvalue weighted by molar-refractivity contribution is 7.13. The summed E-state index contributed by atoms with van der Waals surface area (Å²) in [6.07, 6.45) is 2.69. The van der Waals surface area contributed by atoms with Gasteiger partial charge in [-0.05, 0) is 24.1 Å². The minimum atomic E-state index is 0.0291. The molecule has 1 aliphatic heterocycles. The van der Waals surface area contributed by atoms with Crippen LogP contribution in [-0.4, -0.2) is 48.5 Å². The molecule has 1 unspecified atom stereocenters. The fourth-order valence-corrected chi connectivity index (χ4v) is 3.85. The maximum atomic E-state index is 12.4. The largest absolute Gasteiger partial charge is 0.348 e. The smallest absolute Gasteiger partial charge is 0.234 e. The van der Waals surface area contributed by atoms with Gasteiger partial charge in [-0.2, -0.15) is 0 Å². The number of piperazine rings is 1. The van der Waals surface area contributed by atoms with E-state index in [1.54, 1.807) is 11.3 Å². The van der Waals surface area contributed by atoms with Crippen LogP contribution in [0.15, 0.2) is 35.8 Å². The first-order chi connectivity index (χ1) is 12.2. The van der Waals surface area contributed by atoms with Crippen molar-refractivity contribution in [2.75, 3.05) is 37.6 Å². The van der Waals surface area contributed by atoms with Crippen LogP contribution in [0.3, 0.4) is 0 Å². The van der Waals surface area contributed by atoms with Gasteiger partial charge in [0.15, 0.2) is 5.13 Å². The van der Waals surface area contributed by atoms with Crippen LogP contribution in [0, 0.1) is 0 Å². The van der Waals surface area contributed by atoms with E-state index in [0.717, 1.165) is 43.3 Å². The van der Waals surface area contributed by atoms with E-state index < -0.39 is 0 Å². The number of thiazole rings is 1. The third kappa shape index (κ3) is 4.93. The summed E-state index contributed by atoms with van der Waals surface area (Å²) in [5.74, 6) is 0.0736. The zero-order valence-electron chi connectivity index (χ0n) is 14.3. The number of hydrogen-bond acceptors (Lipinski definition) is 5. The zero-order valence-corrected chi connectivity index (χ0v) is 15.9. The lowest BCUT2D eigenvalue weighted by Gasteiger charge is -2.34. The van der Waals surface area contributed by atoms with Crippen LogP contribution in [0.4, 0.5) is 5.13 Å². The molecule has 1 aromatic carbocycles. The highest BCUT2D eigenvalue weighted by Gasteiger charge is 2.21. The number of anilines is 1. The normalized spacial score (nSPS) is 16.6. The molecule has 1 atom stereocenters. The molecule has 0 radical (unpaired) electrons. The molecule has 1 aromatic heterocycles. The van der Waals surface area contributed by atoms with Gasteiger partial charge in [-0.3, -0.25) is 9.69 Å². The molecule has 2 heterocycles. The number of rotatable bonds is 6. The maximum absolute atomic E-state index is 12.4. The first-order valence-corrected chi connectivity index (χ1v) is 9.83. The van der Waals surface area contributed by atoms with Crippen LogP contribution in [0.25, 0.3) is 0 Å². The van der Waals surface area contributed by atoms with E-state index in [1.165, 1.54) is 0 Å². The fraction of sp³-hybridized carbons (Fsp3) is 0.444. The zero-order chi connectivity index (χ0) is 17.6. The number of benzene rings is 1. The lowest BCUT2D eigenvalue weighted by atomic mass is 10.0. The second kappa shape index (κ2) is 8.65. The van der Waals surface area contributed by atoms with Crippen molar-refractivity contribution in [2.45, 2.75) is 19.4 Å². The molecule has 5 nitrogen and oxygen atoms in total. The molecule has 2 aromatic rings. The molecular weight excluding hydrogens is 356 g/mol. The molecule has 0 bridgehead atoms. The van der Waals surface area contributed by atoms with E-state index in [1.807, 2.05) is 35.8 Å². The second-order valence-corrected chi connectivity index (χ2v) is 7.47. The summed E-state index contributed by atoms with van der Waals surface area (Å²) < 4.78 is 0. The molecule has 25 heavy (non-hydrogen) atoms. The summed E-state index contributed by atoms with van der Waals surface area (Å²) in [5, 5.41) is 6.92. The first kappa shape index (κ1) is 18.2. The number of nitrogens with zero attached hydrogens (tertiary/aromatic N) is 3. The van der Waals surface area contributed by atoms with Crippen LogP contribution < -0.4 is 10.2 Å². The van der Waals surface area contributed by atoms with Gasteiger partial charge in [-0.25, -0.2) is 4.98 Å². The Kier molecular flexibility index (Phi) is 6.29. The standard InChI is InChI=1S/C18H23ClN4OS/c1-2-16(14-3-5-15(19)6-4-14)21-17(24)13-22-8-10-23(11-9-22)18-20-7-12-25-18/h3-7,12,16H,2,8-11,13H2,1H3,(H,21,24). The minimum absolute atomic E-state index is 0.0291. The van der Waals surface area contributed by atoms with Crippen LogP contribution in [0.2, 0.25) is 5.02 Å². The molecule has 1 saturated heterocycles. The number of carbonyl (C=O) groups excluding carboxylic acids is 1. The summed E-state index contributed by atoms with van der Waals surface area (Å²) in [7, 11) is 0. The Hall–Kier alpha value is -1.63. The quantitative estimate of drug-likeness (QED) is 0.838. The number of halogens is 1. The molecule has 0 saturated carbocycles. The Morgan fingerprint density at radius 1 is 1.28 bits per heavy atom. The lowest BCUT2D eigenvalue weighted by molar-refractivity contribution is -0.123. The van der Waals surface area contributed by atoms with E-state index in [4.69, 9.17) is 11.6 Å². The van der Waals surface area contributed by atoms with Gasteiger partial charge < -0.3 is 10.2 Å². The van der Waals surface area contributed by atoms with Crippen LogP contribution in [0.5, 0.6) is 0 Å². The van der Waals surface area contributed by atoms with Crippen LogP contribution >= 0.6 is 22.9 Å². The third-order valence-corrected chi connectivity index (χ3v) is 5.53. The van der Waals surface area contributed by atoms with Crippen LogP contribution in [0.1, 0.15) is 24.9 Å². The number of aromatic nitrogens is 1. The number of amides is 1. The lowest BCUT2D eigenvalue weighted by Crippen LogP contribution is -2.49. The summed E-state index contributed by atoms with van der Waals surface area (Å²) in [5.41, 5.74) is 1.09. The van der Waals surface area contributed by atoms with Crippen molar-refractivity contribution in [1.29, 1.82) is 0 Å². The molecule has 134 valence electrons. The Morgan fingerprint density at radius 2 is 2.00 bits per heavy atom. The van der Waals surface area contributed by atoms with Gasteiger partial charge in [-0.15, -0.1) is 11.3 Å². The maximum Gasteiger partial charge on any atom is 0.234 e. The van der Waals surface area contributed by atoms with Gasteiger partial charge in [0.2, 0.25) is 5.91 Å². The third-order valence-electron chi connectivity index (χ3n) is 4.45. The van der Waals surface area contributed by atoms with Crippen molar-refractivity contribution in [2.24, 2.45) is 0 Å². The molecule has 7 heteroatoms. The van der Waals surface area contributed by atoms with Gasteiger partial charge in [0.25, 0.3) is 0 Å². The van der Waals surface area contributed by atoms with Crippen molar-refractivity contribution < 1.29 is 4.79 Å². The molecule has 1 aliphatic rings. The summed E-state index contributed by atoms with van der Waals surface area (Å²) >= 11 is 7.60. The average molecular weight is 379 g/mol. The number of nitrogens with one attached hydrogen (secondary N) is 1. The highest BCUT2D eigenvalue weighted by atomic mass is 35.5. The van der Waals surface area contributed by atoms with E-state index in [9.17, 15) is 4.79 Å². The second-order valence-electron chi connectivity index (χ2n) is 6.16. The van der Waals surface area contributed by atoms with Gasteiger partial charge >= 0.3 is 0 Å². The minimum Gasteiger partial charge on any atom is -0.348 e. The van der Waals surface area contributed by atoms with Gasteiger partial charge in [0, 0.05) is 42.8 Å². The number of carbonyl (C=O) groups is 1. The predicted octanol–water partition coefficient (Wildman–Crippen LogP) is 3.19. The summed E-state index contributed by atoms with van der Waals surface area (Å²) in [6.45, 7) is 6.10. The molecule has 3 rings (SSSR count). The molecular formula is C18H23ClN4OS. The molecule has 0 aliphatic carbocycles. The average Bonchev–Trinajstić information content (AvgIpc) is 3.16. The Balaban J connectivity index is 1.48. The summed E-state index contributed by atoms with van der Waals surface area (Å²) in [4.78, 5) is 21.3. The Labute approximate surface area is 157 Å². The van der Waals surface area contributed by atoms with Crippen molar-refractivity contribution in [3.05, 3.63) is 46.4 Å². The van der Waals surface area contributed by atoms with Gasteiger partial charge in [-0.1, -0.05) is 30.7 Å². The van der Waals surface area contributed by atoms with E-state index in [0.29, 0.717) is 11.6 Å². The molecule has 1 amide bonds. The van der Waals surface area contributed by atoms with Crippen LogP contribution in [-0.2, 0) is 4.79 Å². The molecule has 0 spiro atoms. The van der Waals surface area contributed by atoms with Gasteiger partial charge in [0.1, 0.15) is 0 Å². The topological polar surface area (TPSA) is 48.5 Å².